The molecule has 0 atom stereocenters. The molecule has 0 aliphatic rings. The molecular formula is C20H14ClN5O3S. The summed E-state index contributed by atoms with van der Waals surface area (Å²) < 4.78 is 5.61. The van der Waals surface area contributed by atoms with Crippen molar-refractivity contribution in [3.8, 4) is 22.3 Å². The molecule has 1 amide bonds. The first-order valence-electron chi connectivity index (χ1n) is 8.71. The third-order valence-corrected chi connectivity index (χ3v) is 4.98. The van der Waals surface area contributed by atoms with Crippen molar-refractivity contribution in [3.05, 3.63) is 77.1 Å². The molecule has 0 bridgehead atoms. The van der Waals surface area contributed by atoms with Gasteiger partial charge in [-0.15, -0.1) is 5.10 Å². The van der Waals surface area contributed by atoms with Crippen LogP contribution >= 0.6 is 22.9 Å². The number of hydrogen-bond donors (Lipinski definition) is 2. The van der Waals surface area contributed by atoms with Gasteiger partial charge in [0.05, 0.1) is 11.3 Å². The number of hydrogen-bond acceptors (Lipinski definition) is 8. The minimum atomic E-state index is -0.397. The van der Waals surface area contributed by atoms with Crippen molar-refractivity contribution in [1.82, 2.24) is 20.2 Å². The smallest absolute Gasteiger partial charge is 0.296 e. The van der Waals surface area contributed by atoms with Crippen molar-refractivity contribution in [2.75, 3.05) is 5.32 Å². The van der Waals surface area contributed by atoms with Crippen LogP contribution in [0.5, 0.6) is 11.1 Å². The molecule has 0 saturated carbocycles. The Bertz CT molecular complexity index is 1170. The number of nitrogens with one attached hydrogen (secondary N) is 1. The number of aromatic hydroxyl groups is 1. The number of ether oxygens (including phenoxy) is 1. The lowest BCUT2D eigenvalue weighted by molar-refractivity contribution is 0.102. The lowest BCUT2D eigenvalue weighted by Crippen LogP contribution is -2.13. The van der Waals surface area contributed by atoms with Gasteiger partial charge in [0.25, 0.3) is 11.1 Å². The summed E-state index contributed by atoms with van der Waals surface area (Å²) >= 11 is 6.98. The fourth-order valence-electron chi connectivity index (χ4n) is 2.55. The number of carbonyl (C=O) groups is 1. The van der Waals surface area contributed by atoms with E-state index in [0.29, 0.717) is 38.8 Å². The normalized spacial score (nSPS) is 10.6. The van der Waals surface area contributed by atoms with Crippen LogP contribution in [0.2, 0.25) is 5.02 Å². The molecule has 0 saturated heterocycles. The average molecular weight is 440 g/mol. The Morgan fingerprint density at radius 2 is 1.93 bits per heavy atom. The topological polar surface area (TPSA) is 110 Å². The van der Waals surface area contributed by atoms with Gasteiger partial charge in [-0.25, -0.2) is 4.98 Å². The van der Waals surface area contributed by atoms with E-state index in [2.05, 4.69) is 25.5 Å². The van der Waals surface area contributed by atoms with E-state index in [-0.39, 0.29) is 5.88 Å². The fourth-order valence-corrected chi connectivity index (χ4v) is 3.27. The standard InChI is InChI=1S/C20H14ClN5O3S/c21-14-6-3-12(4-7-14)11-29-20-26-25-19(30-20)24-18(28)15-2-1-9-22-17(15)13-5-8-16(27)23-10-13/h1-10H,11H2,(H,23,27)(H,24,25,28). The molecule has 10 heteroatoms. The third-order valence-electron chi connectivity index (χ3n) is 3.98. The van der Waals surface area contributed by atoms with Crippen LogP contribution in [0, 0.1) is 0 Å². The predicted molar refractivity (Wildman–Crippen MR) is 113 cm³/mol. The number of carbonyl (C=O) groups excluding carboxylic acids is 1. The Hall–Kier alpha value is -3.56. The minimum absolute atomic E-state index is 0.110. The molecule has 150 valence electrons. The lowest BCUT2D eigenvalue weighted by Gasteiger charge is -2.07. The summed E-state index contributed by atoms with van der Waals surface area (Å²) in [5.74, 6) is -0.507. The highest BCUT2D eigenvalue weighted by molar-refractivity contribution is 7.17. The van der Waals surface area contributed by atoms with Crippen molar-refractivity contribution < 1.29 is 14.6 Å². The number of pyridine rings is 2. The van der Waals surface area contributed by atoms with Crippen molar-refractivity contribution >= 4 is 34.0 Å². The van der Waals surface area contributed by atoms with Gasteiger partial charge in [-0.05, 0) is 47.2 Å². The van der Waals surface area contributed by atoms with Crippen LogP contribution in [-0.4, -0.2) is 31.2 Å². The van der Waals surface area contributed by atoms with Crippen LogP contribution in [0.1, 0.15) is 15.9 Å². The second-order valence-electron chi connectivity index (χ2n) is 6.05. The second-order valence-corrected chi connectivity index (χ2v) is 7.42. The molecule has 0 radical (unpaired) electrons. The Balaban J connectivity index is 1.45. The molecular weight excluding hydrogens is 426 g/mol. The molecule has 1 aromatic carbocycles. The van der Waals surface area contributed by atoms with E-state index in [9.17, 15) is 9.90 Å². The predicted octanol–water partition coefficient (Wildman–Crippen LogP) is 4.19. The number of aromatic nitrogens is 4. The number of benzene rings is 1. The Morgan fingerprint density at radius 1 is 1.10 bits per heavy atom. The summed E-state index contributed by atoms with van der Waals surface area (Å²) in [6.45, 7) is 0.306. The zero-order chi connectivity index (χ0) is 20.9. The molecule has 3 aromatic heterocycles. The maximum absolute atomic E-state index is 12.8. The summed E-state index contributed by atoms with van der Waals surface area (Å²) in [5, 5.41) is 21.2. The van der Waals surface area contributed by atoms with Crippen molar-refractivity contribution in [2.24, 2.45) is 0 Å². The number of anilines is 1. The van der Waals surface area contributed by atoms with Gasteiger partial charge in [0.1, 0.15) is 6.61 Å². The van der Waals surface area contributed by atoms with Gasteiger partial charge >= 0.3 is 0 Å². The maximum atomic E-state index is 12.8. The van der Waals surface area contributed by atoms with E-state index >= 15 is 0 Å². The first kappa shape index (κ1) is 19.7. The Kier molecular flexibility index (Phi) is 5.82. The molecule has 8 nitrogen and oxygen atoms in total. The maximum Gasteiger partial charge on any atom is 0.296 e. The monoisotopic (exact) mass is 439 g/mol. The van der Waals surface area contributed by atoms with Crippen LogP contribution in [0.15, 0.2) is 60.9 Å². The molecule has 0 spiro atoms. The van der Waals surface area contributed by atoms with Crippen molar-refractivity contribution in [2.45, 2.75) is 6.61 Å². The highest BCUT2D eigenvalue weighted by atomic mass is 35.5. The number of rotatable bonds is 6. The molecule has 30 heavy (non-hydrogen) atoms. The summed E-state index contributed by atoms with van der Waals surface area (Å²) in [4.78, 5) is 20.9. The zero-order valence-electron chi connectivity index (χ0n) is 15.3. The van der Waals surface area contributed by atoms with E-state index in [4.69, 9.17) is 16.3 Å². The zero-order valence-corrected chi connectivity index (χ0v) is 16.9. The Labute approximate surface area is 180 Å². The van der Waals surface area contributed by atoms with E-state index in [1.54, 1.807) is 36.5 Å². The van der Waals surface area contributed by atoms with Crippen LogP contribution in [0.3, 0.4) is 0 Å². The molecule has 4 rings (SSSR count). The van der Waals surface area contributed by atoms with Crippen LogP contribution in [0.4, 0.5) is 5.13 Å². The minimum Gasteiger partial charge on any atom is -0.493 e. The van der Waals surface area contributed by atoms with E-state index < -0.39 is 5.91 Å². The molecule has 3 heterocycles. The van der Waals surface area contributed by atoms with Crippen molar-refractivity contribution in [3.63, 3.8) is 0 Å². The summed E-state index contributed by atoms with van der Waals surface area (Å²) in [5.41, 5.74) is 2.31. The second kappa shape index (κ2) is 8.85. The number of halogens is 1. The molecule has 4 aromatic rings. The quantitative estimate of drug-likeness (QED) is 0.463. The van der Waals surface area contributed by atoms with Gasteiger partial charge in [-0.3, -0.25) is 15.1 Å². The largest absolute Gasteiger partial charge is 0.493 e. The van der Waals surface area contributed by atoms with E-state index in [1.807, 2.05) is 12.1 Å². The van der Waals surface area contributed by atoms with Gasteiger partial charge in [0.2, 0.25) is 11.0 Å². The fraction of sp³-hybridized carbons (Fsp3) is 0.0500. The van der Waals surface area contributed by atoms with Crippen molar-refractivity contribution in [1.29, 1.82) is 0 Å². The van der Waals surface area contributed by atoms with Gasteiger partial charge in [-0.2, -0.15) is 0 Å². The lowest BCUT2D eigenvalue weighted by atomic mass is 10.1. The van der Waals surface area contributed by atoms with Crippen LogP contribution in [0.25, 0.3) is 11.3 Å². The Morgan fingerprint density at radius 3 is 2.70 bits per heavy atom. The van der Waals surface area contributed by atoms with Gasteiger partial charge in [0.15, 0.2) is 0 Å². The third kappa shape index (κ3) is 4.70. The molecule has 0 unspecified atom stereocenters. The first-order valence-corrected chi connectivity index (χ1v) is 9.90. The van der Waals surface area contributed by atoms with Gasteiger partial charge in [-0.1, -0.05) is 28.8 Å². The SMILES string of the molecule is O=C(Nc1nnc(OCc2ccc(Cl)cc2)s1)c1cccnc1-c1ccc(O)nc1. The average Bonchev–Trinajstić information content (AvgIpc) is 3.21. The first-order chi connectivity index (χ1) is 14.6. The summed E-state index contributed by atoms with van der Waals surface area (Å²) in [6.07, 6.45) is 3.02. The van der Waals surface area contributed by atoms with E-state index in [0.717, 1.165) is 16.9 Å². The van der Waals surface area contributed by atoms with Gasteiger partial charge in [0, 0.05) is 29.0 Å². The highest BCUT2D eigenvalue weighted by Crippen LogP contribution is 2.26. The van der Waals surface area contributed by atoms with Gasteiger partial charge < -0.3 is 9.84 Å². The van der Waals surface area contributed by atoms with Crippen LogP contribution in [-0.2, 0) is 6.61 Å². The van der Waals surface area contributed by atoms with E-state index in [1.165, 1.54) is 12.3 Å². The summed E-state index contributed by atoms with van der Waals surface area (Å²) in [6, 6.07) is 13.6. The molecule has 2 N–H and O–H groups in total. The highest BCUT2D eigenvalue weighted by Gasteiger charge is 2.16. The van der Waals surface area contributed by atoms with Crippen LogP contribution < -0.4 is 10.1 Å². The number of nitrogens with zero attached hydrogens (tertiary/aromatic N) is 4. The molecule has 0 fully saturated rings. The summed E-state index contributed by atoms with van der Waals surface area (Å²) in [7, 11) is 0. The molecule has 0 aliphatic carbocycles. The molecule has 0 aliphatic heterocycles. The number of amides is 1.